The number of carboxylic acids is 1. The summed E-state index contributed by atoms with van der Waals surface area (Å²) in [5, 5.41) is 26.9. The summed E-state index contributed by atoms with van der Waals surface area (Å²) in [4.78, 5) is 10.6. The molecule has 1 aromatic rings. The zero-order valence-electron chi connectivity index (χ0n) is 7.34. The molecule has 0 fully saturated rings. The van der Waals surface area contributed by atoms with E-state index in [9.17, 15) is 9.90 Å². The Morgan fingerprint density at radius 2 is 2.14 bits per heavy atom. The quantitative estimate of drug-likeness (QED) is 0.544. The predicted octanol–water partition coefficient (Wildman–Crippen LogP) is -0.0311. The monoisotopic (exact) mass is 197 g/mol. The van der Waals surface area contributed by atoms with Gasteiger partial charge in [-0.2, -0.15) is 0 Å². The van der Waals surface area contributed by atoms with E-state index in [0.717, 1.165) is 0 Å². The van der Waals surface area contributed by atoms with Gasteiger partial charge >= 0.3 is 5.97 Å². The van der Waals surface area contributed by atoms with Gasteiger partial charge < -0.3 is 21.1 Å². The van der Waals surface area contributed by atoms with E-state index in [-0.39, 0.29) is 23.5 Å². The Morgan fingerprint density at radius 1 is 1.50 bits per heavy atom. The third-order valence-electron chi connectivity index (χ3n) is 1.92. The Kier molecular flexibility index (Phi) is 3.06. The Hall–Kier alpha value is -1.59. The molecule has 1 aromatic carbocycles. The molecule has 0 saturated heterocycles. The zero-order valence-corrected chi connectivity index (χ0v) is 7.34. The minimum atomic E-state index is -1.28. The van der Waals surface area contributed by atoms with Gasteiger partial charge in [0, 0.05) is 11.1 Å². The fourth-order valence-electron chi connectivity index (χ4n) is 1.12. The van der Waals surface area contributed by atoms with Crippen LogP contribution in [0.15, 0.2) is 18.2 Å². The first kappa shape index (κ1) is 10.5. The number of carbonyl (C=O) groups is 1. The molecule has 0 saturated carbocycles. The van der Waals surface area contributed by atoms with Crippen LogP contribution in [0.1, 0.15) is 17.2 Å². The predicted molar refractivity (Wildman–Crippen MR) is 48.6 cm³/mol. The molecule has 0 unspecified atom stereocenters. The maximum atomic E-state index is 10.6. The minimum Gasteiger partial charge on any atom is -0.507 e. The van der Waals surface area contributed by atoms with Crippen molar-refractivity contribution >= 4 is 5.97 Å². The van der Waals surface area contributed by atoms with Crippen molar-refractivity contribution in [3.8, 4) is 5.75 Å². The van der Waals surface area contributed by atoms with E-state index in [1.165, 1.54) is 18.2 Å². The smallest absolute Gasteiger partial charge is 0.325 e. The summed E-state index contributed by atoms with van der Waals surface area (Å²) in [5.74, 6) is -1.49. The molecule has 0 amide bonds. The van der Waals surface area contributed by atoms with Crippen molar-refractivity contribution in [1.29, 1.82) is 0 Å². The number of aliphatic carboxylic acids is 1. The van der Waals surface area contributed by atoms with Gasteiger partial charge in [0.2, 0.25) is 0 Å². The van der Waals surface area contributed by atoms with Crippen LogP contribution in [-0.2, 0) is 11.4 Å². The molecular formula is C9H11NO4. The Bertz CT molecular complexity index is 351. The molecule has 0 aliphatic carbocycles. The number of aromatic hydroxyl groups is 1. The van der Waals surface area contributed by atoms with Crippen LogP contribution >= 0.6 is 0 Å². The average molecular weight is 197 g/mol. The van der Waals surface area contributed by atoms with E-state index >= 15 is 0 Å². The number of benzene rings is 1. The highest BCUT2D eigenvalue weighted by atomic mass is 16.4. The highest BCUT2D eigenvalue weighted by Crippen LogP contribution is 2.26. The molecule has 1 atom stereocenters. The molecule has 1 rings (SSSR count). The molecule has 0 spiro atoms. The normalized spacial score (nSPS) is 12.4. The second kappa shape index (κ2) is 4.08. The van der Waals surface area contributed by atoms with Gasteiger partial charge in [-0.1, -0.05) is 18.2 Å². The van der Waals surface area contributed by atoms with E-state index < -0.39 is 12.0 Å². The van der Waals surface area contributed by atoms with Crippen LogP contribution < -0.4 is 5.73 Å². The van der Waals surface area contributed by atoms with Crippen LogP contribution in [-0.4, -0.2) is 21.3 Å². The number of nitrogens with two attached hydrogens (primary N) is 1. The van der Waals surface area contributed by atoms with Crippen molar-refractivity contribution in [1.82, 2.24) is 0 Å². The van der Waals surface area contributed by atoms with E-state index in [1.54, 1.807) is 0 Å². The summed E-state index contributed by atoms with van der Waals surface area (Å²) in [6.45, 7) is -0.355. The molecular weight excluding hydrogens is 186 g/mol. The number of aliphatic hydroxyl groups is 1. The number of para-hydroxylation sites is 1. The third kappa shape index (κ3) is 1.84. The number of phenols is 1. The van der Waals surface area contributed by atoms with Crippen LogP contribution in [0.4, 0.5) is 0 Å². The standard InChI is InChI=1S/C9H11NO4/c10-7(9(13)14)6-3-1-2-5(4-11)8(6)12/h1-3,7,11-12H,4,10H2,(H,13,14)/t7-/m0/s1. The molecule has 0 radical (unpaired) electrons. The topological polar surface area (TPSA) is 104 Å². The van der Waals surface area contributed by atoms with Crippen molar-refractivity contribution in [3.05, 3.63) is 29.3 Å². The second-order valence-electron chi connectivity index (χ2n) is 2.83. The summed E-state index contributed by atoms with van der Waals surface area (Å²) in [5.41, 5.74) is 5.69. The van der Waals surface area contributed by atoms with Crippen molar-refractivity contribution < 1.29 is 20.1 Å². The summed E-state index contributed by atoms with van der Waals surface area (Å²) >= 11 is 0. The highest BCUT2D eigenvalue weighted by Gasteiger charge is 2.19. The lowest BCUT2D eigenvalue weighted by Gasteiger charge is -2.11. The van der Waals surface area contributed by atoms with Gasteiger partial charge in [-0.15, -0.1) is 0 Å². The van der Waals surface area contributed by atoms with Crippen LogP contribution in [0.5, 0.6) is 5.75 Å². The third-order valence-corrected chi connectivity index (χ3v) is 1.92. The molecule has 0 aliphatic rings. The molecule has 5 nitrogen and oxygen atoms in total. The number of aliphatic hydroxyl groups excluding tert-OH is 1. The summed E-state index contributed by atoms with van der Waals surface area (Å²) in [6, 6.07) is 3.16. The number of rotatable bonds is 3. The molecule has 76 valence electrons. The molecule has 14 heavy (non-hydrogen) atoms. The van der Waals surface area contributed by atoms with Crippen LogP contribution in [0.3, 0.4) is 0 Å². The number of carboxylic acid groups (broad SMARTS) is 1. The van der Waals surface area contributed by atoms with E-state index in [1.807, 2.05) is 0 Å². The average Bonchev–Trinajstić information content (AvgIpc) is 2.17. The first-order valence-corrected chi connectivity index (χ1v) is 3.98. The SMILES string of the molecule is N[C@H](C(=O)O)c1cccc(CO)c1O. The first-order valence-electron chi connectivity index (χ1n) is 3.98. The zero-order chi connectivity index (χ0) is 10.7. The fraction of sp³-hybridized carbons (Fsp3) is 0.222. The lowest BCUT2D eigenvalue weighted by molar-refractivity contribution is -0.138. The minimum absolute atomic E-state index is 0.101. The Balaban J connectivity index is 3.15. The fourth-order valence-corrected chi connectivity index (χ4v) is 1.12. The van der Waals surface area contributed by atoms with Crippen molar-refractivity contribution in [2.45, 2.75) is 12.6 Å². The number of hydrogen-bond acceptors (Lipinski definition) is 4. The van der Waals surface area contributed by atoms with Gasteiger partial charge in [0.05, 0.1) is 6.61 Å². The van der Waals surface area contributed by atoms with Gasteiger partial charge in [0.1, 0.15) is 11.8 Å². The molecule has 0 aromatic heterocycles. The number of hydrogen-bond donors (Lipinski definition) is 4. The second-order valence-corrected chi connectivity index (χ2v) is 2.83. The van der Waals surface area contributed by atoms with Crippen molar-refractivity contribution in [2.75, 3.05) is 0 Å². The maximum absolute atomic E-state index is 10.6. The molecule has 5 N–H and O–H groups in total. The summed E-state index contributed by atoms with van der Waals surface area (Å²) in [7, 11) is 0. The highest BCUT2D eigenvalue weighted by molar-refractivity contribution is 5.76. The Morgan fingerprint density at radius 3 is 2.64 bits per heavy atom. The van der Waals surface area contributed by atoms with Gasteiger partial charge in [-0.3, -0.25) is 4.79 Å². The van der Waals surface area contributed by atoms with E-state index in [0.29, 0.717) is 0 Å². The molecule has 0 heterocycles. The van der Waals surface area contributed by atoms with E-state index in [2.05, 4.69) is 0 Å². The van der Waals surface area contributed by atoms with Crippen LogP contribution in [0.2, 0.25) is 0 Å². The molecule has 0 aliphatic heterocycles. The van der Waals surface area contributed by atoms with Gasteiger partial charge in [-0.05, 0) is 0 Å². The first-order chi connectivity index (χ1) is 6.57. The maximum Gasteiger partial charge on any atom is 0.325 e. The van der Waals surface area contributed by atoms with Gasteiger partial charge in [0.25, 0.3) is 0 Å². The molecule has 0 bridgehead atoms. The van der Waals surface area contributed by atoms with Gasteiger partial charge in [0.15, 0.2) is 0 Å². The van der Waals surface area contributed by atoms with Crippen molar-refractivity contribution in [3.63, 3.8) is 0 Å². The lowest BCUT2D eigenvalue weighted by Crippen LogP contribution is -2.20. The largest absolute Gasteiger partial charge is 0.507 e. The summed E-state index contributed by atoms with van der Waals surface area (Å²) < 4.78 is 0. The molecule has 5 heteroatoms. The summed E-state index contributed by atoms with van der Waals surface area (Å²) in [6.07, 6.45) is 0. The van der Waals surface area contributed by atoms with Crippen molar-refractivity contribution in [2.24, 2.45) is 5.73 Å². The van der Waals surface area contributed by atoms with Crippen LogP contribution in [0, 0.1) is 0 Å². The van der Waals surface area contributed by atoms with E-state index in [4.69, 9.17) is 15.9 Å². The Labute approximate surface area is 80.4 Å². The van der Waals surface area contributed by atoms with Crippen LogP contribution in [0.25, 0.3) is 0 Å². The lowest BCUT2D eigenvalue weighted by atomic mass is 10.0. The van der Waals surface area contributed by atoms with Gasteiger partial charge in [-0.25, -0.2) is 0 Å².